The quantitative estimate of drug-likeness (QED) is 0.890. The lowest BCUT2D eigenvalue weighted by molar-refractivity contribution is 0.146. The summed E-state index contributed by atoms with van der Waals surface area (Å²) in [5.74, 6) is -0.508. The van der Waals surface area contributed by atoms with Gasteiger partial charge >= 0.3 is 0 Å². The average molecular weight is 309 g/mol. The van der Waals surface area contributed by atoms with E-state index in [-0.39, 0.29) is 4.90 Å². The van der Waals surface area contributed by atoms with Crippen LogP contribution >= 0.6 is 0 Å². The van der Waals surface area contributed by atoms with Crippen LogP contribution in [-0.2, 0) is 10.0 Å². The van der Waals surface area contributed by atoms with Crippen molar-refractivity contribution in [1.29, 1.82) is 0 Å². The minimum atomic E-state index is -3.81. The van der Waals surface area contributed by atoms with E-state index in [0.717, 1.165) is 12.1 Å². The molecule has 112 valence electrons. The molecule has 2 aromatic rings. The molecular formula is C15H16FNO3S. The summed E-state index contributed by atoms with van der Waals surface area (Å²) in [4.78, 5) is -0.0454. The second kappa shape index (κ2) is 6.34. The first-order valence-electron chi connectivity index (χ1n) is 6.41. The minimum absolute atomic E-state index is 0.0454. The normalized spacial score (nSPS) is 14.6. The van der Waals surface area contributed by atoms with E-state index in [1.807, 2.05) is 6.07 Å². The topological polar surface area (TPSA) is 66.4 Å². The molecule has 0 aliphatic heterocycles. The Hall–Kier alpha value is -1.76. The lowest BCUT2D eigenvalue weighted by atomic mass is 10.0. The summed E-state index contributed by atoms with van der Waals surface area (Å²) in [6, 6.07) is 12.6. The van der Waals surface area contributed by atoms with Gasteiger partial charge in [-0.15, -0.1) is 0 Å². The van der Waals surface area contributed by atoms with E-state index in [1.54, 1.807) is 31.2 Å². The third kappa shape index (κ3) is 3.87. The molecule has 0 radical (unpaired) electrons. The van der Waals surface area contributed by atoms with Gasteiger partial charge in [-0.25, -0.2) is 17.5 Å². The molecule has 0 heterocycles. The number of rotatable bonds is 5. The molecular weight excluding hydrogens is 293 g/mol. The van der Waals surface area contributed by atoms with E-state index >= 15 is 0 Å². The smallest absolute Gasteiger partial charge is 0.240 e. The van der Waals surface area contributed by atoms with Crippen molar-refractivity contribution in [2.75, 3.05) is 0 Å². The van der Waals surface area contributed by atoms with Crippen LogP contribution in [0.2, 0.25) is 0 Å². The summed E-state index contributed by atoms with van der Waals surface area (Å²) >= 11 is 0. The fourth-order valence-corrected chi connectivity index (χ4v) is 3.18. The molecule has 0 saturated carbocycles. The molecule has 2 atom stereocenters. The zero-order valence-corrected chi connectivity index (χ0v) is 12.2. The third-order valence-electron chi connectivity index (χ3n) is 3.08. The Kier molecular flexibility index (Phi) is 4.72. The molecule has 6 heteroatoms. The van der Waals surface area contributed by atoms with Gasteiger partial charge in [0.05, 0.1) is 11.0 Å². The van der Waals surface area contributed by atoms with Gasteiger partial charge in [0.2, 0.25) is 10.0 Å². The van der Waals surface area contributed by atoms with Gasteiger partial charge in [0.25, 0.3) is 0 Å². The largest absolute Gasteiger partial charge is 0.387 e. The Morgan fingerprint density at radius 1 is 1.05 bits per heavy atom. The fourth-order valence-electron chi connectivity index (χ4n) is 1.93. The van der Waals surface area contributed by atoms with Gasteiger partial charge < -0.3 is 5.11 Å². The number of hydrogen-bond donors (Lipinski definition) is 2. The highest BCUT2D eigenvalue weighted by Gasteiger charge is 2.23. The van der Waals surface area contributed by atoms with E-state index in [9.17, 15) is 17.9 Å². The summed E-state index contributed by atoms with van der Waals surface area (Å²) in [6.45, 7) is 1.57. The first-order chi connectivity index (χ1) is 9.90. The first kappa shape index (κ1) is 15.6. The highest BCUT2D eigenvalue weighted by molar-refractivity contribution is 7.89. The molecule has 2 aromatic carbocycles. The number of halogens is 1. The second-order valence-electron chi connectivity index (χ2n) is 4.72. The number of nitrogens with one attached hydrogen (secondary N) is 1. The SMILES string of the molecule is C[C@@H](NS(=O)(=O)c1ccc(F)cc1)[C@@H](O)c1ccccc1. The number of aliphatic hydroxyl groups is 1. The Morgan fingerprint density at radius 3 is 2.19 bits per heavy atom. The maximum absolute atomic E-state index is 12.8. The van der Waals surface area contributed by atoms with Gasteiger partial charge in [0.15, 0.2) is 0 Å². The van der Waals surface area contributed by atoms with Gasteiger partial charge in [-0.2, -0.15) is 0 Å². The molecule has 0 bridgehead atoms. The minimum Gasteiger partial charge on any atom is -0.387 e. The summed E-state index contributed by atoms with van der Waals surface area (Å²) in [6.07, 6.45) is -0.971. The summed E-state index contributed by atoms with van der Waals surface area (Å²) in [7, 11) is -3.81. The van der Waals surface area contributed by atoms with Crippen molar-refractivity contribution in [2.45, 2.75) is 24.0 Å². The standard InChI is InChI=1S/C15H16FNO3S/c1-11(15(18)12-5-3-2-4-6-12)17-21(19,20)14-9-7-13(16)8-10-14/h2-11,15,17-18H,1H3/t11-,15-/m1/s1. The van der Waals surface area contributed by atoms with Crippen LogP contribution in [0.25, 0.3) is 0 Å². The van der Waals surface area contributed by atoms with Crippen LogP contribution < -0.4 is 4.72 Å². The van der Waals surface area contributed by atoms with Crippen molar-refractivity contribution in [3.63, 3.8) is 0 Å². The molecule has 0 aliphatic carbocycles. The molecule has 0 saturated heterocycles. The maximum Gasteiger partial charge on any atom is 0.240 e. The maximum atomic E-state index is 12.8. The van der Waals surface area contributed by atoms with E-state index in [2.05, 4.69) is 4.72 Å². The van der Waals surface area contributed by atoms with Crippen LogP contribution in [-0.4, -0.2) is 19.6 Å². The van der Waals surface area contributed by atoms with Crippen molar-refractivity contribution in [2.24, 2.45) is 0 Å². The van der Waals surface area contributed by atoms with Gasteiger partial charge in [-0.05, 0) is 36.8 Å². The fraction of sp³-hybridized carbons (Fsp3) is 0.200. The van der Waals surface area contributed by atoms with E-state index < -0.39 is 28.0 Å². The molecule has 0 fully saturated rings. The highest BCUT2D eigenvalue weighted by Crippen LogP contribution is 2.18. The first-order valence-corrected chi connectivity index (χ1v) is 7.89. The average Bonchev–Trinajstić information content (AvgIpc) is 2.47. The van der Waals surface area contributed by atoms with E-state index in [0.29, 0.717) is 5.56 Å². The van der Waals surface area contributed by atoms with Crippen LogP contribution in [0.1, 0.15) is 18.6 Å². The summed E-state index contributed by atoms with van der Waals surface area (Å²) in [5.41, 5.74) is 0.617. The number of hydrogen-bond acceptors (Lipinski definition) is 3. The van der Waals surface area contributed by atoms with Crippen LogP contribution in [0.3, 0.4) is 0 Å². The van der Waals surface area contributed by atoms with Gasteiger partial charge in [-0.1, -0.05) is 30.3 Å². The van der Waals surface area contributed by atoms with Crippen LogP contribution in [0, 0.1) is 5.82 Å². The number of benzene rings is 2. The van der Waals surface area contributed by atoms with Gasteiger partial charge in [0, 0.05) is 6.04 Å². The summed E-state index contributed by atoms with van der Waals surface area (Å²) < 4.78 is 39.5. The van der Waals surface area contributed by atoms with Crippen molar-refractivity contribution >= 4 is 10.0 Å². The Morgan fingerprint density at radius 2 is 1.62 bits per heavy atom. The molecule has 0 amide bonds. The van der Waals surface area contributed by atoms with Crippen molar-refractivity contribution in [3.8, 4) is 0 Å². The van der Waals surface area contributed by atoms with Crippen molar-refractivity contribution < 1.29 is 17.9 Å². The predicted octanol–water partition coefficient (Wildman–Crippen LogP) is 2.23. The molecule has 0 aliphatic rings. The number of aliphatic hydroxyl groups excluding tert-OH is 1. The molecule has 0 spiro atoms. The van der Waals surface area contributed by atoms with Crippen molar-refractivity contribution in [1.82, 2.24) is 4.72 Å². The third-order valence-corrected chi connectivity index (χ3v) is 4.65. The van der Waals surface area contributed by atoms with Gasteiger partial charge in [0.1, 0.15) is 5.82 Å². The van der Waals surface area contributed by atoms with E-state index in [4.69, 9.17) is 0 Å². The highest BCUT2D eigenvalue weighted by atomic mass is 32.2. The van der Waals surface area contributed by atoms with E-state index in [1.165, 1.54) is 12.1 Å². The zero-order valence-electron chi connectivity index (χ0n) is 11.4. The second-order valence-corrected chi connectivity index (χ2v) is 6.43. The van der Waals surface area contributed by atoms with Crippen LogP contribution in [0.5, 0.6) is 0 Å². The lowest BCUT2D eigenvalue weighted by Gasteiger charge is -2.20. The van der Waals surface area contributed by atoms with Crippen LogP contribution in [0.15, 0.2) is 59.5 Å². The molecule has 4 nitrogen and oxygen atoms in total. The predicted molar refractivity (Wildman–Crippen MR) is 77.6 cm³/mol. The Labute approximate surface area is 123 Å². The molecule has 21 heavy (non-hydrogen) atoms. The Bertz CT molecular complexity index is 687. The molecule has 2 rings (SSSR count). The zero-order chi connectivity index (χ0) is 15.5. The van der Waals surface area contributed by atoms with Gasteiger partial charge in [-0.3, -0.25) is 0 Å². The number of sulfonamides is 1. The molecule has 0 unspecified atom stereocenters. The molecule has 0 aromatic heterocycles. The lowest BCUT2D eigenvalue weighted by Crippen LogP contribution is -2.37. The van der Waals surface area contributed by atoms with Crippen LogP contribution in [0.4, 0.5) is 4.39 Å². The van der Waals surface area contributed by atoms with Crippen molar-refractivity contribution in [3.05, 3.63) is 66.0 Å². The molecule has 2 N–H and O–H groups in total. The Balaban J connectivity index is 2.14. The monoisotopic (exact) mass is 309 g/mol. The summed E-state index contributed by atoms with van der Waals surface area (Å²) in [5, 5.41) is 10.2.